The summed E-state index contributed by atoms with van der Waals surface area (Å²) in [6.07, 6.45) is -2.85. The molecule has 0 amide bonds. The minimum absolute atomic E-state index is 0.0472. The lowest BCUT2D eigenvalue weighted by Crippen LogP contribution is -2.38. The van der Waals surface area contributed by atoms with E-state index in [-0.39, 0.29) is 22.9 Å². The second-order valence-electron chi connectivity index (χ2n) is 9.16. The number of allylic oxidation sites excluding steroid dienone is 3. The molecule has 5 rings (SSSR count). The van der Waals surface area contributed by atoms with Crippen molar-refractivity contribution in [1.82, 2.24) is 10.2 Å². The monoisotopic (exact) mass is 583 g/mol. The van der Waals surface area contributed by atoms with Crippen LogP contribution in [0.1, 0.15) is 48.8 Å². The van der Waals surface area contributed by atoms with E-state index in [1.165, 1.54) is 29.2 Å². The molecule has 7 nitrogen and oxygen atoms in total. The van der Waals surface area contributed by atoms with Crippen LogP contribution in [0.3, 0.4) is 0 Å². The minimum atomic E-state index is -4.42. The van der Waals surface area contributed by atoms with Crippen LogP contribution in [0, 0.1) is 11.3 Å². The molecule has 206 valence electrons. The van der Waals surface area contributed by atoms with Gasteiger partial charge in [-0.15, -0.1) is 10.2 Å². The third kappa shape index (κ3) is 5.44. The van der Waals surface area contributed by atoms with Gasteiger partial charge in [0.25, 0.3) is 0 Å². The molecule has 1 atom stereocenters. The summed E-state index contributed by atoms with van der Waals surface area (Å²) in [6.45, 7) is 2.41. The molecule has 40 heavy (non-hydrogen) atoms. The Morgan fingerprint density at radius 1 is 1.20 bits per heavy atom. The number of carbonyl (C=O) groups is 1. The largest absolute Gasteiger partial charge is 0.494 e. The average Bonchev–Trinajstić information content (AvgIpc) is 3.40. The average molecular weight is 584 g/mol. The number of aromatic nitrogens is 2. The molecule has 0 saturated heterocycles. The molecule has 0 saturated carbocycles. The fourth-order valence-corrected chi connectivity index (χ4v) is 6.72. The molecular weight excluding hydrogens is 559 g/mol. The predicted molar refractivity (Wildman–Crippen MR) is 146 cm³/mol. The summed E-state index contributed by atoms with van der Waals surface area (Å²) in [6, 6.07) is 14.7. The molecule has 2 heterocycles. The molecular formula is C28H24F3N5O2S2. The first-order valence-corrected chi connectivity index (χ1v) is 14.3. The molecule has 0 radical (unpaired) electrons. The Hall–Kier alpha value is -3.82. The summed E-state index contributed by atoms with van der Waals surface area (Å²) in [5.74, 6) is 0.476. The van der Waals surface area contributed by atoms with Crippen molar-refractivity contribution < 1.29 is 22.7 Å². The Morgan fingerprint density at radius 2 is 1.98 bits per heavy atom. The maximum Gasteiger partial charge on any atom is 0.416 e. The van der Waals surface area contributed by atoms with Crippen molar-refractivity contribution in [2.45, 2.75) is 48.4 Å². The van der Waals surface area contributed by atoms with Crippen molar-refractivity contribution in [1.29, 1.82) is 5.26 Å². The number of nitriles is 1. The Balaban J connectivity index is 1.46. The van der Waals surface area contributed by atoms with E-state index in [0.717, 1.165) is 17.7 Å². The number of ketones is 1. The van der Waals surface area contributed by atoms with Crippen molar-refractivity contribution in [3.05, 3.63) is 87.9 Å². The number of benzene rings is 2. The Labute approximate surface area is 237 Å². The number of nitrogens with two attached hydrogens (primary N) is 1. The van der Waals surface area contributed by atoms with Crippen molar-refractivity contribution >= 4 is 34.0 Å². The number of anilines is 1. The molecule has 3 aromatic rings. The molecule has 2 N–H and O–H groups in total. The van der Waals surface area contributed by atoms with Gasteiger partial charge < -0.3 is 10.5 Å². The van der Waals surface area contributed by atoms with Gasteiger partial charge >= 0.3 is 6.18 Å². The van der Waals surface area contributed by atoms with Gasteiger partial charge in [0.1, 0.15) is 11.6 Å². The highest BCUT2D eigenvalue weighted by molar-refractivity contribution is 8.00. The van der Waals surface area contributed by atoms with E-state index in [4.69, 9.17) is 10.5 Å². The molecule has 1 aromatic heterocycles. The van der Waals surface area contributed by atoms with Crippen LogP contribution in [0.25, 0.3) is 0 Å². The normalized spacial score (nSPS) is 17.6. The van der Waals surface area contributed by atoms with Gasteiger partial charge in [-0.25, -0.2) is 0 Å². The Bertz CT molecular complexity index is 1540. The van der Waals surface area contributed by atoms with Crippen LogP contribution in [-0.2, 0) is 16.7 Å². The van der Waals surface area contributed by atoms with Crippen molar-refractivity contribution in [3.8, 4) is 11.8 Å². The van der Waals surface area contributed by atoms with E-state index in [1.807, 2.05) is 31.2 Å². The van der Waals surface area contributed by atoms with Crippen molar-refractivity contribution in [2.24, 2.45) is 5.73 Å². The summed E-state index contributed by atoms with van der Waals surface area (Å²) >= 11 is 2.46. The number of halogens is 3. The minimum Gasteiger partial charge on any atom is -0.494 e. The molecule has 0 unspecified atom stereocenters. The lowest BCUT2D eigenvalue weighted by molar-refractivity contribution is -0.137. The number of Topliss-reactive ketones (excluding diaryl/α,β-unsaturated/α-hetero) is 1. The fraction of sp³-hybridized carbons (Fsp3) is 0.286. The van der Waals surface area contributed by atoms with E-state index in [1.54, 1.807) is 11.0 Å². The molecule has 0 spiro atoms. The van der Waals surface area contributed by atoms with Crippen LogP contribution in [-0.4, -0.2) is 22.6 Å². The van der Waals surface area contributed by atoms with Crippen LogP contribution in [0.4, 0.5) is 18.3 Å². The first-order chi connectivity index (χ1) is 19.2. The molecule has 0 fully saturated rings. The number of alkyl halides is 3. The zero-order chi connectivity index (χ0) is 28.4. The first-order valence-electron chi connectivity index (χ1n) is 12.5. The zero-order valence-corrected chi connectivity index (χ0v) is 23.0. The summed E-state index contributed by atoms with van der Waals surface area (Å²) in [7, 11) is 0. The van der Waals surface area contributed by atoms with Gasteiger partial charge in [0, 0.05) is 23.4 Å². The maximum absolute atomic E-state index is 13.3. The Kier molecular flexibility index (Phi) is 7.87. The molecule has 0 bridgehead atoms. The topological polar surface area (TPSA) is 105 Å². The van der Waals surface area contributed by atoms with E-state index in [0.29, 0.717) is 57.9 Å². The smallest absolute Gasteiger partial charge is 0.416 e. The second kappa shape index (κ2) is 11.3. The maximum atomic E-state index is 13.3. The summed E-state index contributed by atoms with van der Waals surface area (Å²) in [5, 5.41) is 19.1. The zero-order valence-electron chi connectivity index (χ0n) is 21.4. The van der Waals surface area contributed by atoms with Gasteiger partial charge in [-0.2, -0.15) is 18.4 Å². The Morgan fingerprint density at radius 3 is 2.67 bits per heavy atom. The fourth-order valence-electron chi connectivity index (χ4n) is 4.90. The lowest BCUT2D eigenvalue weighted by Gasteiger charge is -2.38. The first kappa shape index (κ1) is 27.7. The van der Waals surface area contributed by atoms with E-state index in [9.17, 15) is 23.2 Å². The summed E-state index contributed by atoms with van der Waals surface area (Å²) in [4.78, 5) is 14.9. The van der Waals surface area contributed by atoms with Gasteiger partial charge in [-0.05, 0) is 49.1 Å². The highest BCUT2D eigenvalue weighted by Gasteiger charge is 2.41. The predicted octanol–water partition coefficient (Wildman–Crippen LogP) is 6.55. The number of rotatable bonds is 7. The molecule has 1 aliphatic carbocycles. The van der Waals surface area contributed by atoms with Gasteiger partial charge in [-0.1, -0.05) is 53.4 Å². The number of hydrogen-bond acceptors (Lipinski definition) is 9. The van der Waals surface area contributed by atoms with Crippen molar-refractivity contribution in [2.75, 3.05) is 11.5 Å². The number of carbonyl (C=O) groups excluding carboxylic acids is 1. The number of ether oxygens (including phenoxy) is 1. The number of thioether (sulfide) groups is 1. The van der Waals surface area contributed by atoms with Crippen LogP contribution in [0.2, 0.25) is 0 Å². The number of hydrogen-bond donors (Lipinski definition) is 1. The van der Waals surface area contributed by atoms with E-state index >= 15 is 0 Å². The highest BCUT2D eigenvalue weighted by atomic mass is 32.2. The molecule has 2 aromatic carbocycles. The molecule has 2 aliphatic rings. The van der Waals surface area contributed by atoms with Gasteiger partial charge in [0.05, 0.1) is 29.7 Å². The standard InChI is InChI=1S/C28H24F3N5O2S2/c1-2-38-19-11-9-17(10-12-19)23-20(14-32)25(33)36(21-7-4-8-22(37)24(21)23)26-34-35-27(40-26)39-15-16-5-3-6-18(13-16)28(29,30)31/h3,5-6,9-13,23H,2,4,7-8,15,33H2,1H3/t23-/m0/s1. The van der Waals surface area contributed by atoms with E-state index in [2.05, 4.69) is 16.3 Å². The summed E-state index contributed by atoms with van der Waals surface area (Å²) < 4.78 is 45.3. The lowest BCUT2D eigenvalue weighted by atomic mass is 9.76. The third-order valence-corrected chi connectivity index (χ3v) is 8.75. The van der Waals surface area contributed by atoms with Gasteiger partial charge in [0.2, 0.25) is 5.13 Å². The van der Waals surface area contributed by atoms with Gasteiger partial charge in [0.15, 0.2) is 10.1 Å². The van der Waals surface area contributed by atoms with Crippen LogP contribution in [0.15, 0.2) is 75.5 Å². The molecule has 12 heteroatoms. The quantitative estimate of drug-likeness (QED) is 0.312. The third-order valence-electron chi connectivity index (χ3n) is 6.64. The molecule has 1 aliphatic heterocycles. The summed E-state index contributed by atoms with van der Waals surface area (Å²) in [5.41, 5.74) is 8.61. The van der Waals surface area contributed by atoms with Crippen LogP contribution in [0.5, 0.6) is 5.75 Å². The van der Waals surface area contributed by atoms with Gasteiger partial charge in [-0.3, -0.25) is 9.69 Å². The second-order valence-corrected chi connectivity index (χ2v) is 11.3. The van der Waals surface area contributed by atoms with E-state index < -0.39 is 17.7 Å². The van der Waals surface area contributed by atoms with Crippen LogP contribution >= 0.6 is 23.1 Å². The highest BCUT2D eigenvalue weighted by Crippen LogP contribution is 2.47. The SMILES string of the molecule is CCOc1ccc([C@H]2C(C#N)=C(N)N(c3nnc(SCc4cccc(C(F)(F)F)c4)s3)C3=C2C(=O)CCC3)cc1. The van der Waals surface area contributed by atoms with Crippen LogP contribution < -0.4 is 15.4 Å². The number of nitrogens with zero attached hydrogens (tertiary/aromatic N) is 4. The van der Waals surface area contributed by atoms with Crippen molar-refractivity contribution in [3.63, 3.8) is 0 Å².